The molecule has 4 heteroatoms. The highest BCUT2D eigenvalue weighted by atomic mass is 16.5. The van der Waals surface area contributed by atoms with Crippen LogP contribution in [-0.4, -0.2) is 35.9 Å². The van der Waals surface area contributed by atoms with E-state index in [1.165, 1.54) is 0 Å². The van der Waals surface area contributed by atoms with Gasteiger partial charge in [-0.2, -0.15) is 0 Å². The Kier molecular flexibility index (Phi) is 4.11. The van der Waals surface area contributed by atoms with Gasteiger partial charge in [0.15, 0.2) is 0 Å². The molecule has 0 bridgehead atoms. The van der Waals surface area contributed by atoms with Gasteiger partial charge in [-0.25, -0.2) is 0 Å². The van der Waals surface area contributed by atoms with Gasteiger partial charge in [0.05, 0.1) is 24.7 Å². The number of amides is 1. The lowest BCUT2D eigenvalue weighted by atomic mass is 9.88. The van der Waals surface area contributed by atoms with Gasteiger partial charge in [-0.3, -0.25) is 4.79 Å². The molecule has 2 N–H and O–H groups in total. The SMILES string of the molecule is CC1OC(C)C(C(=O)N[C@@H](C)CO)C1C. The molecule has 1 heterocycles. The average molecular weight is 215 g/mol. The van der Waals surface area contributed by atoms with Crippen LogP contribution in [0.2, 0.25) is 0 Å². The van der Waals surface area contributed by atoms with Crippen LogP contribution >= 0.6 is 0 Å². The van der Waals surface area contributed by atoms with Crippen LogP contribution in [0.15, 0.2) is 0 Å². The number of nitrogens with one attached hydrogen (secondary N) is 1. The van der Waals surface area contributed by atoms with Crippen LogP contribution in [-0.2, 0) is 9.53 Å². The first-order chi connectivity index (χ1) is 6.97. The molecular weight excluding hydrogens is 194 g/mol. The van der Waals surface area contributed by atoms with Crippen molar-refractivity contribution < 1.29 is 14.6 Å². The zero-order chi connectivity index (χ0) is 11.6. The molecular formula is C11H21NO3. The smallest absolute Gasteiger partial charge is 0.226 e. The number of rotatable bonds is 3. The van der Waals surface area contributed by atoms with Crippen molar-refractivity contribution in [1.29, 1.82) is 0 Å². The molecule has 1 aliphatic heterocycles. The number of aliphatic hydroxyl groups excluding tert-OH is 1. The van der Waals surface area contributed by atoms with Gasteiger partial charge in [0, 0.05) is 6.04 Å². The normalized spacial score (nSPS) is 37.7. The summed E-state index contributed by atoms with van der Waals surface area (Å²) in [4.78, 5) is 11.9. The van der Waals surface area contributed by atoms with Crippen LogP contribution in [0.1, 0.15) is 27.7 Å². The molecule has 0 aromatic rings. The predicted molar refractivity (Wildman–Crippen MR) is 57.4 cm³/mol. The van der Waals surface area contributed by atoms with Gasteiger partial charge in [-0.05, 0) is 26.7 Å². The molecule has 1 rings (SSSR count). The summed E-state index contributed by atoms with van der Waals surface area (Å²) in [6, 6.07) is -0.187. The molecule has 1 aliphatic rings. The maximum Gasteiger partial charge on any atom is 0.226 e. The second kappa shape index (κ2) is 4.94. The van der Waals surface area contributed by atoms with E-state index in [1.54, 1.807) is 6.92 Å². The molecule has 1 saturated heterocycles. The highest BCUT2D eigenvalue weighted by molar-refractivity contribution is 5.80. The second-order valence-electron chi connectivity index (χ2n) is 4.52. The Morgan fingerprint density at radius 1 is 1.40 bits per heavy atom. The summed E-state index contributed by atoms with van der Waals surface area (Å²) >= 11 is 0. The first-order valence-corrected chi connectivity index (χ1v) is 5.54. The maximum atomic E-state index is 11.9. The quantitative estimate of drug-likeness (QED) is 0.722. The molecule has 4 nitrogen and oxygen atoms in total. The molecule has 0 radical (unpaired) electrons. The van der Waals surface area contributed by atoms with Gasteiger partial charge in [0.25, 0.3) is 0 Å². The number of ether oxygens (including phenoxy) is 1. The number of carbonyl (C=O) groups is 1. The van der Waals surface area contributed by atoms with Gasteiger partial charge in [0.2, 0.25) is 5.91 Å². The Morgan fingerprint density at radius 3 is 2.40 bits per heavy atom. The van der Waals surface area contributed by atoms with Crippen molar-refractivity contribution in [2.75, 3.05) is 6.61 Å². The third-order valence-electron chi connectivity index (χ3n) is 3.21. The Morgan fingerprint density at radius 2 is 2.00 bits per heavy atom. The van der Waals surface area contributed by atoms with Crippen molar-refractivity contribution in [1.82, 2.24) is 5.32 Å². The lowest BCUT2D eigenvalue weighted by Gasteiger charge is -2.20. The summed E-state index contributed by atoms with van der Waals surface area (Å²) in [7, 11) is 0. The number of hydrogen-bond acceptors (Lipinski definition) is 3. The number of aliphatic hydroxyl groups is 1. The van der Waals surface area contributed by atoms with Crippen molar-refractivity contribution in [2.45, 2.75) is 45.9 Å². The lowest BCUT2D eigenvalue weighted by Crippen LogP contribution is -2.43. The number of hydrogen-bond donors (Lipinski definition) is 2. The van der Waals surface area contributed by atoms with E-state index in [2.05, 4.69) is 5.32 Å². The minimum absolute atomic E-state index is 0.0131. The molecule has 15 heavy (non-hydrogen) atoms. The van der Waals surface area contributed by atoms with E-state index >= 15 is 0 Å². The van der Waals surface area contributed by atoms with E-state index < -0.39 is 0 Å². The van der Waals surface area contributed by atoms with Crippen LogP contribution in [0.3, 0.4) is 0 Å². The molecule has 0 saturated carbocycles. The van der Waals surface area contributed by atoms with Crippen molar-refractivity contribution in [3.63, 3.8) is 0 Å². The fourth-order valence-corrected chi connectivity index (χ4v) is 2.10. The minimum atomic E-state index is -0.187. The van der Waals surface area contributed by atoms with Crippen LogP contribution in [0.4, 0.5) is 0 Å². The van der Waals surface area contributed by atoms with Gasteiger partial charge >= 0.3 is 0 Å². The monoisotopic (exact) mass is 215 g/mol. The van der Waals surface area contributed by atoms with Gasteiger partial charge in [-0.15, -0.1) is 0 Å². The Bertz CT molecular complexity index is 232. The van der Waals surface area contributed by atoms with Gasteiger partial charge < -0.3 is 15.2 Å². The summed E-state index contributed by atoms with van der Waals surface area (Å²) in [5.74, 6) is 0.112. The number of carbonyl (C=O) groups excluding carboxylic acids is 1. The Balaban J connectivity index is 2.59. The predicted octanol–water partition coefficient (Wildman–Crippen LogP) is 0.543. The Hall–Kier alpha value is -0.610. The topological polar surface area (TPSA) is 58.6 Å². The third kappa shape index (κ3) is 2.69. The van der Waals surface area contributed by atoms with Crippen molar-refractivity contribution >= 4 is 5.91 Å². The van der Waals surface area contributed by atoms with Crippen LogP contribution < -0.4 is 5.32 Å². The fraction of sp³-hybridized carbons (Fsp3) is 0.909. The van der Waals surface area contributed by atoms with Crippen molar-refractivity contribution in [3.05, 3.63) is 0 Å². The van der Waals surface area contributed by atoms with E-state index in [-0.39, 0.29) is 42.6 Å². The van der Waals surface area contributed by atoms with Gasteiger partial charge in [-0.1, -0.05) is 6.92 Å². The van der Waals surface area contributed by atoms with Gasteiger partial charge in [0.1, 0.15) is 0 Å². The summed E-state index contributed by atoms with van der Waals surface area (Å²) in [5.41, 5.74) is 0. The Labute approximate surface area is 91.0 Å². The van der Waals surface area contributed by atoms with Crippen LogP contribution in [0, 0.1) is 11.8 Å². The average Bonchev–Trinajstić information content (AvgIpc) is 2.41. The molecule has 88 valence electrons. The molecule has 0 aromatic heterocycles. The minimum Gasteiger partial charge on any atom is -0.394 e. The zero-order valence-electron chi connectivity index (χ0n) is 9.86. The molecule has 4 unspecified atom stereocenters. The lowest BCUT2D eigenvalue weighted by molar-refractivity contribution is -0.128. The maximum absolute atomic E-state index is 11.9. The fourth-order valence-electron chi connectivity index (χ4n) is 2.10. The first kappa shape index (κ1) is 12.5. The second-order valence-corrected chi connectivity index (χ2v) is 4.52. The van der Waals surface area contributed by atoms with E-state index in [0.717, 1.165) is 0 Å². The van der Waals surface area contributed by atoms with E-state index in [1.807, 2.05) is 20.8 Å². The molecule has 0 aliphatic carbocycles. The standard InChI is InChI=1S/C11H21NO3/c1-6(5-13)12-11(14)10-7(2)8(3)15-9(10)4/h6-10,13H,5H2,1-4H3,(H,12,14)/t6-,7?,8?,9?,10?/m0/s1. The molecule has 0 aromatic carbocycles. The largest absolute Gasteiger partial charge is 0.394 e. The molecule has 1 fully saturated rings. The van der Waals surface area contributed by atoms with Crippen LogP contribution in [0.25, 0.3) is 0 Å². The highest BCUT2D eigenvalue weighted by Crippen LogP contribution is 2.32. The highest BCUT2D eigenvalue weighted by Gasteiger charge is 2.41. The summed E-state index contributed by atoms with van der Waals surface area (Å²) in [6.07, 6.45) is 0.0843. The molecule has 5 atom stereocenters. The van der Waals surface area contributed by atoms with E-state index in [9.17, 15) is 4.79 Å². The third-order valence-corrected chi connectivity index (χ3v) is 3.21. The van der Waals surface area contributed by atoms with Crippen molar-refractivity contribution in [2.24, 2.45) is 11.8 Å². The summed E-state index contributed by atoms with van der Waals surface area (Å²) < 4.78 is 5.60. The molecule has 0 spiro atoms. The first-order valence-electron chi connectivity index (χ1n) is 5.54. The van der Waals surface area contributed by atoms with E-state index in [0.29, 0.717) is 0 Å². The van der Waals surface area contributed by atoms with Crippen LogP contribution in [0.5, 0.6) is 0 Å². The summed E-state index contributed by atoms with van der Waals surface area (Å²) in [6.45, 7) is 7.70. The molecule has 1 amide bonds. The van der Waals surface area contributed by atoms with E-state index in [4.69, 9.17) is 9.84 Å². The summed E-state index contributed by atoms with van der Waals surface area (Å²) in [5, 5.41) is 11.6. The van der Waals surface area contributed by atoms with Crippen molar-refractivity contribution in [3.8, 4) is 0 Å². The zero-order valence-corrected chi connectivity index (χ0v) is 9.86.